The molecule has 150 valence electrons. The number of nitrogens with one attached hydrogen (secondary N) is 1. The summed E-state index contributed by atoms with van der Waals surface area (Å²) in [5.74, 6) is 1.22. The Labute approximate surface area is 173 Å². The number of carbonyl (C=O) groups excluding carboxylic acids is 1. The number of amides is 1. The van der Waals surface area contributed by atoms with Gasteiger partial charge in [-0.25, -0.2) is 4.39 Å². The Hall–Kier alpha value is -2.67. The number of hydrogen-bond donors (Lipinski definition) is 1. The minimum atomic E-state index is -0.298. The third-order valence-electron chi connectivity index (χ3n) is 5.15. The number of thioether (sulfide) groups is 1. The predicted molar refractivity (Wildman–Crippen MR) is 112 cm³/mol. The molecule has 1 heterocycles. The van der Waals surface area contributed by atoms with E-state index in [1.807, 2.05) is 34.9 Å². The molecule has 0 spiro atoms. The van der Waals surface area contributed by atoms with Crippen LogP contribution in [0.3, 0.4) is 0 Å². The summed E-state index contributed by atoms with van der Waals surface area (Å²) in [6, 6.07) is 15.9. The van der Waals surface area contributed by atoms with Crippen LogP contribution in [0.5, 0.6) is 0 Å². The Kier molecular flexibility index (Phi) is 6.24. The minimum absolute atomic E-state index is 0.00726. The van der Waals surface area contributed by atoms with Crippen LogP contribution in [0.25, 0.3) is 17.1 Å². The van der Waals surface area contributed by atoms with Crippen molar-refractivity contribution >= 4 is 17.7 Å². The van der Waals surface area contributed by atoms with Gasteiger partial charge in [0.2, 0.25) is 5.91 Å². The van der Waals surface area contributed by atoms with E-state index >= 15 is 0 Å². The van der Waals surface area contributed by atoms with E-state index in [0.29, 0.717) is 16.9 Å². The maximum absolute atomic E-state index is 13.3. The summed E-state index contributed by atoms with van der Waals surface area (Å²) in [7, 11) is 0. The molecule has 2 aromatic carbocycles. The molecular weight excluding hydrogens is 387 g/mol. The highest BCUT2D eigenvalue weighted by Crippen LogP contribution is 2.28. The number of nitrogens with zero attached hydrogens (tertiary/aromatic N) is 3. The zero-order valence-electron chi connectivity index (χ0n) is 16.1. The molecule has 29 heavy (non-hydrogen) atoms. The number of rotatable bonds is 7. The molecule has 1 aliphatic carbocycles. The predicted octanol–water partition coefficient (Wildman–Crippen LogP) is 4.47. The van der Waals surface area contributed by atoms with Crippen LogP contribution in [-0.4, -0.2) is 33.0 Å². The number of hydrogen-bond acceptors (Lipinski definition) is 4. The number of benzene rings is 2. The molecule has 7 heteroatoms. The maximum atomic E-state index is 13.3. The molecular formula is C22H23FN4OS. The molecule has 1 saturated carbocycles. The van der Waals surface area contributed by atoms with E-state index in [-0.39, 0.29) is 17.5 Å². The molecule has 5 nitrogen and oxygen atoms in total. The van der Waals surface area contributed by atoms with Crippen molar-refractivity contribution in [2.75, 3.05) is 12.3 Å². The van der Waals surface area contributed by atoms with Gasteiger partial charge >= 0.3 is 0 Å². The first-order valence-electron chi connectivity index (χ1n) is 9.87. The van der Waals surface area contributed by atoms with Gasteiger partial charge in [0.15, 0.2) is 11.0 Å². The van der Waals surface area contributed by atoms with Crippen molar-refractivity contribution in [2.45, 2.75) is 30.8 Å². The quantitative estimate of drug-likeness (QED) is 0.584. The van der Waals surface area contributed by atoms with Crippen LogP contribution in [0.15, 0.2) is 59.8 Å². The van der Waals surface area contributed by atoms with E-state index in [1.54, 1.807) is 12.1 Å². The maximum Gasteiger partial charge on any atom is 0.230 e. The van der Waals surface area contributed by atoms with E-state index in [9.17, 15) is 9.18 Å². The van der Waals surface area contributed by atoms with E-state index in [0.717, 1.165) is 17.8 Å². The molecule has 1 N–H and O–H groups in total. The molecule has 1 fully saturated rings. The van der Waals surface area contributed by atoms with Gasteiger partial charge in [-0.1, -0.05) is 42.8 Å². The molecule has 0 bridgehead atoms. The standard InChI is InChI=1S/C22H23FN4OS/c23-18-12-10-17(11-13-18)21-25-26-22(27(21)19-8-2-1-3-9-19)29-15-20(28)24-14-16-6-4-5-7-16/h1-3,8-13,16H,4-7,14-15H2,(H,24,28). The van der Waals surface area contributed by atoms with E-state index in [1.165, 1.54) is 49.6 Å². The van der Waals surface area contributed by atoms with E-state index < -0.39 is 0 Å². The average molecular weight is 411 g/mol. The number of aromatic nitrogens is 3. The van der Waals surface area contributed by atoms with Crippen LogP contribution in [0.4, 0.5) is 4.39 Å². The Bertz CT molecular complexity index is 953. The first-order chi connectivity index (χ1) is 14.2. The summed E-state index contributed by atoms with van der Waals surface area (Å²) in [6.07, 6.45) is 4.94. The lowest BCUT2D eigenvalue weighted by Gasteiger charge is -2.12. The first-order valence-corrected chi connectivity index (χ1v) is 10.9. The van der Waals surface area contributed by atoms with Crippen LogP contribution in [0.2, 0.25) is 0 Å². The highest BCUT2D eigenvalue weighted by Gasteiger charge is 2.19. The van der Waals surface area contributed by atoms with Crippen LogP contribution in [0.1, 0.15) is 25.7 Å². The van der Waals surface area contributed by atoms with Crippen molar-refractivity contribution in [3.05, 3.63) is 60.4 Å². The second-order valence-corrected chi connectivity index (χ2v) is 8.17. The van der Waals surface area contributed by atoms with Crippen LogP contribution in [0, 0.1) is 11.7 Å². The zero-order valence-corrected chi connectivity index (χ0v) is 16.9. The number of carbonyl (C=O) groups is 1. The van der Waals surface area contributed by atoms with Gasteiger partial charge in [0.05, 0.1) is 5.75 Å². The van der Waals surface area contributed by atoms with Crippen molar-refractivity contribution < 1.29 is 9.18 Å². The van der Waals surface area contributed by atoms with Crippen molar-refractivity contribution in [3.8, 4) is 17.1 Å². The van der Waals surface area contributed by atoms with Crippen molar-refractivity contribution in [2.24, 2.45) is 5.92 Å². The molecule has 1 amide bonds. The van der Waals surface area contributed by atoms with E-state index in [2.05, 4.69) is 15.5 Å². The van der Waals surface area contributed by atoms with Gasteiger partial charge < -0.3 is 5.32 Å². The SMILES string of the molecule is O=C(CSc1nnc(-c2ccc(F)cc2)n1-c1ccccc1)NCC1CCCC1. The smallest absolute Gasteiger partial charge is 0.230 e. The van der Waals surface area contributed by atoms with Gasteiger partial charge in [-0.2, -0.15) is 0 Å². The molecule has 0 atom stereocenters. The zero-order chi connectivity index (χ0) is 20.1. The fourth-order valence-corrected chi connectivity index (χ4v) is 4.39. The second-order valence-electron chi connectivity index (χ2n) is 7.23. The molecule has 0 saturated heterocycles. The lowest BCUT2D eigenvalue weighted by Crippen LogP contribution is -2.29. The summed E-state index contributed by atoms with van der Waals surface area (Å²) < 4.78 is 15.2. The monoisotopic (exact) mass is 410 g/mol. The van der Waals surface area contributed by atoms with Crippen molar-refractivity contribution in [1.29, 1.82) is 0 Å². The van der Waals surface area contributed by atoms with Gasteiger partial charge in [0, 0.05) is 17.8 Å². The molecule has 4 rings (SSSR count). The van der Waals surface area contributed by atoms with E-state index in [4.69, 9.17) is 0 Å². The fraction of sp³-hybridized carbons (Fsp3) is 0.318. The van der Waals surface area contributed by atoms with Crippen LogP contribution >= 0.6 is 11.8 Å². The van der Waals surface area contributed by atoms with Crippen LogP contribution in [-0.2, 0) is 4.79 Å². The lowest BCUT2D eigenvalue weighted by molar-refractivity contribution is -0.118. The average Bonchev–Trinajstić information content (AvgIpc) is 3.42. The second kappa shape index (κ2) is 9.22. The summed E-state index contributed by atoms with van der Waals surface area (Å²) in [4.78, 5) is 12.3. The molecule has 0 aliphatic heterocycles. The highest BCUT2D eigenvalue weighted by atomic mass is 32.2. The molecule has 0 radical (unpaired) electrons. The molecule has 0 unspecified atom stereocenters. The van der Waals surface area contributed by atoms with Gasteiger partial charge in [0.25, 0.3) is 0 Å². The van der Waals surface area contributed by atoms with Crippen molar-refractivity contribution in [3.63, 3.8) is 0 Å². The Balaban J connectivity index is 1.52. The number of para-hydroxylation sites is 1. The number of halogens is 1. The van der Waals surface area contributed by atoms with Crippen molar-refractivity contribution in [1.82, 2.24) is 20.1 Å². The Morgan fingerprint density at radius 2 is 1.79 bits per heavy atom. The summed E-state index contributed by atoms with van der Waals surface area (Å²) in [5, 5.41) is 12.3. The van der Waals surface area contributed by atoms with Gasteiger partial charge in [-0.15, -0.1) is 10.2 Å². The molecule has 1 aliphatic rings. The molecule has 3 aromatic rings. The van der Waals surface area contributed by atoms with Crippen LogP contribution < -0.4 is 5.32 Å². The summed E-state index contributed by atoms with van der Waals surface area (Å²) >= 11 is 1.35. The first kappa shape index (κ1) is 19.6. The fourth-order valence-electron chi connectivity index (χ4n) is 3.61. The minimum Gasteiger partial charge on any atom is -0.355 e. The largest absolute Gasteiger partial charge is 0.355 e. The molecule has 1 aromatic heterocycles. The summed E-state index contributed by atoms with van der Waals surface area (Å²) in [5.41, 5.74) is 1.66. The van der Waals surface area contributed by atoms with Gasteiger partial charge in [0.1, 0.15) is 5.82 Å². The Morgan fingerprint density at radius 1 is 1.07 bits per heavy atom. The lowest BCUT2D eigenvalue weighted by atomic mass is 10.1. The topological polar surface area (TPSA) is 59.8 Å². The van der Waals surface area contributed by atoms with Gasteiger partial charge in [-0.05, 0) is 55.2 Å². The van der Waals surface area contributed by atoms with Gasteiger partial charge in [-0.3, -0.25) is 9.36 Å². The third-order valence-corrected chi connectivity index (χ3v) is 6.07. The normalized spacial score (nSPS) is 14.2. The highest BCUT2D eigenvalue weighted by molar-refractivity contribution is 7.99. The third kappa shape index (κ3) is 4.85. The summed E-state index contributed by atoms with van der Waals surface area (Å²) in [6.45, 7) is 0.756. The Morgan fingerprint density at radius 3 is 2.52 bits per heavy atom.